The van der Waals surface area contributed by atoms with Crippen molar-refractivity contribution >= 4 is 23.0 Å². The highest BCUT2D eigenvalue weighted by atomic mass is 32.1. The van der Waals surface area contributed by atoms with Crippen LogP contribution in [0.5, 0.6) is 0 Å². The quantitative estimate of drug-likeness (QED) is 0.690. The summed E-state index contributed by atoms with van der Waals surface area (Å²) >= 11 is 1.48. The molecule has 3 aromatic rings. The molecule has 0 saturated heterocycles. The fourth-order valence-electron chi connectivity index (χ4n) is 2.10. The van der Waals surface area contributed by atoms with Gasteiger partial charge < -0.3 is 0 Å². The second-order valence-corrected chi connectivity index (χ2v) is 5.78. The van der Waals surface area contributed by atoms with Gasteiger partial charge in [0.05, 0.1) is 18.3 Å². The van der Waals surface area contributed by atoms with Gasteiger partial charge >= 0.3 is 0 Å². The molecule has 0 radical (unpaired) electrons. The number of rotatable bonds is 4. The van der Waals surface area contributed by atoms with E-state index in [9.17, 15) is 5.26 Å². The molecule has 0 atom stereocenters. The Balaban J connectivity index is 1.81. The predicted molar refractivity (Wildman–Crippen MR) is 88.1 cm³/mol. The van der Waals surface area contributed by atoms with Gasteiger partial charge in [-0.2, -0.15) is 10.4 Å². The van der Waals surface area contributed by atoms with Crippen LogP contribution in [-0.4, -0.2) is 14.8 Å². The minimum absolute atomic E-state index is 0.567. The minimum atomic E-state index is 0.567. The van der Waals surface area contributed by atoms with Crippen LogP contribution >= 0.6 is 11.3 Å². The number of allylic oxidation sites excluding steroid dienone is 1. The van der Waals surface area contributed by atoms with Crippen molar-refractivity contribution in [3.8, 4) is 6.07 Å². The molecule has 0 amide bonds. The summed E-state index contributed by atoms with van der Waals surface area (Å²) in [5.74, 6) is 0. The van der Waals surface area contributed by atoms with Crippen molar-refractivity contribution in [2.45, 2.75) is 13.5 Å². The molecule has 0 saturated carbocycles. The fourth-order valence-corrected chi connectivity index (χ4v) is 2.86. The summed E-state index contributed by atoms with van der Waals surface area (Å²) in [5.41, 5.74) is 3.59. The third-order valence-corrected chi connectivity index (χ3v) is 4.11. The number of nitrogens with zero attached hydrogens (tertiary/aromatic N) is 4. The van der Waals surface area contributed by atoms with Crippen LogP contribution in [0.1, 0.15) is 21.8 Å². The number of aromatic nitrogens is 3. The first kappa shape index (κ1) is 14.2. The van der Waals surface area contributed by atoms with E-state index in [1.165, 1.54) is 16.9 Å². The number of nitriles is 1. The van der Waals surface area contributed by atoms with Gasteiger partial charge in [0.25, 0.3) is 0 Å². The Labute approximate surface area is 133 Å². The van der Waals surface area contributed by atoms with Crippen LogP contribution in [0, 0.1) is 18.3 Å². The van der Waals surface area contributed by atoms with E-state index in [-0.39, 0.29) is 0 Å². The van der Waals surface area contributed by atoms with Gasteiger partial charge in [-0.1, -0.05) is 30.3 Å². The second kappa shape index (κ2) is 6.37. The topological polar surface area (TPSA) is 54.5 Å². The van der Waals surface area contributed by atoms with Gasteiger partial charge in [-0.05, 0) is 18.6 Å². The first-order chi connectivity index (χ1) is 10.7. The molecule has 0 fully saturated rings. The average Bonchev–Trinajstić information content (AvgIpc) is 3.15. The summed E-state index contributed by atoms with van der Waals surface area (Å²) in [6.07, 6.45) is 5.53. The highest BCUT2D eigenvalue weighted by Crippen LogP contribution is 2.21. The summed E-state index contributed by atoms with van der Waals surface area (Å²) in [6, 6.07) is 12.4. The molecule has 5 heteroatoms. The number of hydrogen-bond donors (Lipinski definition) is 0. The molecule has 22 heavy (non-hydrogen) atoms. The third kappa shape index (κ3) is 3.30. The zero-order valence-corrected chi connectivity index (χ0v) is 12.9. The lowest BCUT2D eigenvalue weighted by molar-refractivity contribution is 0.687. The smallest absolute Gasteiger partial charge is 0.134 e. The lowest BCUT2D eigenvalue weighted by Crippen LogP contribution is -1.99. The van der Waals surface area contributed by atoms with Crippen LogP contribution in [0.25, 0.3) is 11.6 Å². The van der Waals surface area contributed by atoms with Crippen LogP contribution in [0.4, 0.5) is 0 Å². The molecule has 0 bridgehead atoms. The van der Waals surface area contributed by atoms with Gasteiger partial charge in [0.1, 0.15) is 11.1 Å². The van der Waals surface area contributed by atoms with Crippen molar-refractivity contribution < 1.29 is 0 Å². The van der Waals surface area contributed by atoms with E-state index in [4.69, 9.17) is 0 Å². The van der Waals surface area contributed by atoms with E-state index in [2.05, 4.69) is 28.3 Å². The van der Waals surface area contributed by atoms with Crippen LogP contribution in [0.2, 0.25) is 0 Å². The molecular weight excluding hydrogens is 292 g/mol. The lowest BCUT2D eigenvalue weighted by Gasteiger charge is -2.00. The summed E-state index contributed by atoms with van der Waals surface area (Å²) in [5, 5.41) is 16.3. The number of thiazole rings is 1. The zero-order chi connectivity index (χ0) is 15.4. The number of benzene rings is 1. The summed E-state index contributed by atoms with van der Waals surface area (Å²) in [7, 11) is 0. The van der Waals surface area contributed by atoms with Gasteiger partial charge in [0.15, 0.2) is 0 Å². The third-order valence-electron chi connectivity index (χ3n) is 3.12. The Hall–Kier alpha value is -2.71. The molecule has 2 heterocycles. The van der Waals surface area contributed by atoms with Gasteiger partial charge in [-0.25, -0.2) is 4.98 Å². The fraction of sp³-hybridized carbons (Fsp3) is 0.118. The molecule has 2 aromatic heterocycles. The van der Waals surface area contributed by atoms with Crippen molar-refractivity contribution in [1.82, 2.24) is 14.8 Å². The highest BCUT2D eigenvalue weighted by Gasteiger charge is 2.06. The Morgan fingerprint density at radius 3 is 2.86 bits per heavy atom. The van der Waals surface area contributed by atoms with Crippen LogP contribution in [0.3, 0.4) is 0 Å². The maximum atomic E-state index is 9.31. The standard InChI is InChI=1S/C17H14N4S/c1-13-12-22-17(20-13)16(8-18)7-15-9-19-21(11-15)10-14-5-3-2-4-6-14/h2-7,9,11-12H,10H2,1H3/b16-7+. The van der Waals surface area contributed by atoms with Crippen molar-refractivity contribution in [3.05, 3.63) is 69.9 Å². The SMILES string of the molecule is Cc1csc(/C(C#N)=C/c2cnn(Cc3ccccc3)c2)n1. The molecule has 0 aliphatic rings. The number of hydrogen-bond acceptors (Lipinski definition) is 4. The normalized spacial score (nSPS) is 11.4. The first-order valence-electron chi connectivity index (χ1n) is 6.85. The van der Waals surface area contributed by atoms with Gasteiger partial charge in [-0.3, -0.25) is 4.68 Å². The summed E-state index contributed by atoms with van der Waals surface area (Å²) in [4.78, 5) is 4.35. The monoisotopic (exact) mass is 306 g/mol. The predicted octanol–water partition coefficient (Wildman–Crippen LogP) is 3.76. The van der Waals surface area contributed by atoms with E-state index < -0.39 is 0 Å². The Morgan fingerprint density at radius 2 is 2.18 bits per heavy atom. The van der Waals surface area contributed by atoms with E-state index in [0.717, 1.165) is 16.3 Å². The van der Waals surface area contributed by atoms with E-state index >= 15 is 0 Å². The van der Waals surface area contributed by atoms with Crippen molar-refractivity contribution in [2.24, 2.45) is 0 Å². The minimum Gasteiger partial charge on any atom is -0.268 e. The molecule has 4 nitrogen and oxygen atoms in total. The first-order valence-corrected chi connectivity index (χ1v) is 7.73. The Morgan fingerprint density at radius 1 is 1.36 bits per heavy atom. The Kier molecular flexibility index (Phi) is 4.12. The van der Waals surface area contributed by atoms with Crippen LogP contribution in [0.15, 0.2) is 48.1 Å². The summed E-state index contributed by atoms with van der Waals surface area (Å²) < 4.78 is 1.86. The van der Waals surface area contributed by atoms with Crippen molar-refractivity contribution in [1.29, 1.82) is 5.26 Å². The molecule has 0 aliphatic heterocycles. The highest BCUT2D eigenvalue weighted by molar-refractivity contribution is 7.11. The van der Waals surface area contributed by atoms with Gasteiger partial charge in [-0.15, -0.1) is 11.3 Å². The molecule has 0 unspecified atom stereocenters. The van der Waals surface area contributed by atoms with Gasteiger partial charge in [0, 0.05) is 22.8 Å². The zero-order valence-electron chi connectivity index (χ0n) is 12.1. The molecular formula is C17H14N4S. The molecule has 0 aliphatic carbocycles. The maximum Gasteiger partial charge on any atom is 0.134 e. The summed E-state index contributed by atoms with van der Waals surface area (Å²) in [6.45, 7) is 2.64. The molecule has 0 N–H and O–H groups in total. The van der Waals surface area contributed by atoms with Crippen molar-refractivity contribution in [3.63, 3.8) is 0 Å². The Bertz CT molecular complexity index is 837. The molecule has 1 aromatic carbocycles. The number of aryl methyl sites for hydroxylation is 1. The molecule has 3 rings (SSSR count). The van der Waals surface area contributed by atoms with Crippen LogP contribution in [-0.2, 0) is 6.54 Å². The second-order valence-electron chi connectivity index (χ2n) is 4.92. The lowest BCUT2D eigenvalue weighted by atomic mass is 10.2. The van der Waals surface area contributed by atoms with E-state index in [1.807, 2.05) is 47.5 Å². The van der Waals surface area contributed by atoms with Crippen molar-refractivity contribution in [2.75, 3.05) is 0 Å². The van der Waals surface area contributed by atoms with Gasteiger partial charge in [0.2, 0.25) is 0 Å². The molecule has 0 spiro atoms. The van der Waals surface area contributed by atoms with E-state index in [1.54, 1.807) is 6.20 Å². The molecule has 108 valence electrons. The van der Waals surface area contributed by atoms with E-state index in [0.29, 0.717) is 12.1 Å². The largest absolute Gasteiger partial charge is 0.268 e. The average molecular weight is 306 g/mol. The van der Waals surface area contributed by atoms with Crippen LogP contribution < -0.4 is 0 Å². The maximum absolute atomic E-state index is 9.31.